The number of hydrogen-bond acceptors (Lipinski definition) is 3. The Kier molecular flexibility index (Phi) is 6.82. The number of anilines is 2. The summed E-state index contributed by atoms with van der Waals surface area (Å²) in [5, 5.41) is 1.97. The summed E-state index contributed by atoms with van der Waals surface area (Å²) in [6.45, 7) is 6.51. The second-order valence-electron chi connectivity index (χ2n) is 9.11. The monoisotopic (exact) mass is 478 g/mol. The summed E-state index contributed by atoms with van der Waals surface area (Å²) in [6.07, 6.45) is 0. The van der Waals surface area contributed by atoms with Crippen molar-refractivity contribution in [1.29, 1.82) is 0 Å². The molecule has 170 valence electrons. The van der Waals surface area contributed by atoms with Gasteiger partial charge in [-0.05, 0) is 46.4 Å². The average molecular weight is 479 g/mol. The van der Waals surface area contributed by atoms with Gasteiger partial charge in [0.05, 0.1) is 5.75 Å². The number of alkyl halides is 1. The zero-order valence-electron chi connectivity index (χ0n) is 18.9. The minimum absolute atomic E-state index is 0.0499. The molecule has 1 heterocycles. The average Bonchev–Trinajstić information content (AvgIpc) is 3.20. The molecule has 3 aromatic rings. The molecule has 4 rings (SSSR count). The zero-order chi connectivity index (χ0) is 23.6. The lowest BCUT2D eigenvalue weighted by Gasteiger charge is -2.26. The van der Waals surface area contributed by atoms with Gasteiger partial charge < -0.3 is 5.32 Å². The zero-order valence-corrected chi connectivity index (χ0v) is 20.5. The van der Waals surface area contributed by atoms with Crippen LogP contribution in [0.4, 0.5) is 11.4 Å². The molecule has 4 nitrogen and oxygen atoms in total. The van der Waals surface area contributed by atoms with E-state index >= 15 is 0 Å². The molecule has 0 aliphatic carbocycles. The molecule has 1 fully saturated rings. The Balaban J connectivity index is 1.54. The first-order valence-electron chi connectivity index (χ1n) is 10.9. The quantitative estimate of drug-likeness (QED) is 0.416. The predicted molar refractivity (Wildman–Crippen MR) is 138 cm³/mol. The van der Waals surface area contributed by atoms with Crippen molar-refractivity contribution in [3.8, 4) is 0 Å². The molecular formula is C27H27ClN2O2S. The maximum Gasteiger partial charge on any atom is 0.246 e. The van der Waals surface area contributed by atoms with E-state index in [1.165, 1.54) is 5.56 Å². The van der Waals surface area contributed by atoms with Crippen LogP contribution >= 0.6 is 23.4 Å². The number of hydrogen-bond donors (Lipinski definition) is 1. The SMILES string of the molecule is CC(C)(C)c1ccc(N2C(=O)CS[C@@H]2c2cccc(NC(=O)[C@@H](Cl)c3ccccc3)c2)cc1. The summed E-state index contributed by atoms with van der Waals surface area (Å²) in [5.41, 5.74) is 4.50. The Bertz CT molecular complexity index is 1140. The van der Waals surface area contributed by atoms with Gasteiger partial charge in [-0.3, -0.25) is 14.5 Å². The molecule has 1 aliphatic rings. The standard InChI is InChI=1S/C27H27ClN2O2S/c1-27(2,3)20-12-14-22(15-13-20)30-23(31)17-33-26(30)19-10-7-11-21(16-19)29-25(32)24(28)18-8-5-4-6-9-18/h4-16,24,26H,17H2,1-3H3,(H,29,32)/t24-,26+/m0/s1. The molecule has 0 saturated carbocycles. The maximum atomic E-state index is 12.8. The normalized spacial score (nSPS) is 17.2. The van der Waals surface area contributed by atoms with Crippen molar-refractivity contribution in [1.82, 2.24) is 0 Å². The van der Waals surface area contributed by atoms with E-state index in [1.807, 2.05) is 71.6 Å². The molecule has 33 heavy (non-hydrogen) atoms. The molecular weight excluding hydrogens is 452 g/mol. The Labute approximate surface area is 204 Å². The first-order chi connectivity index (χ1) is 15.7. The summed E-state index contributed by atoms with van der Waals surface area (Å²) in [5.74, 6) is 0.206. The van der Waals surface area contributed by atoms with Crippen LogP contribution in [0.3, 0.4) is 0 Å². The lowest BCUT2D eigenvalue weighted by Crippen LogP contribution is -2.28. The van der Waals surface area contributed by atoms with Crippen LogP contribution in [0.15, 0.2) is 78.9 Å². The number of carbonyl (C=O) groups is 2. The van der Waals surface area contributed by atoms with Crippen LogP contribution in [0.5, 0.6) is 0 Å². The topological polar surface area (TPSA) is 49.4 Å². The van der Waals surface area contributed by atoms with E-state index in [4.69, 9.17) is 11.6 Å². The van der Waals surface area contributed by atoms with E-state index in [0.717, 1.165) is 16.8 Å². The fourth-order valence-electron chi connectivity index (χ4n) is 3.82. The molecule has 1 saturated heterocycles. The Morgan fingerprint density at radius 2 is 1.73 bits per heavy atom. The highest BCUT2D eigenvalue weighted by atomic mass is 35.5. The minimum Gasteiger partial charge on any atom is -0.324 e. The van der Waals surface area contributed by atoms with Crippen molar-refractivity contribution in [2.45, 2.75) is 36.9 Å². The van der Waals surface area contributed by atoms with Gasteiger partial charge in [-0.1, -0.05) is 75.4 Å². The van der Waals surface area contributed by atoms with Crippen LogP contribution < -0.4 is 10.2 Å². The van der Waals surface area contributed by atoms with Gasteiger partial charge in [-0.2, -0.15) is 0 Å². The third-order valence-corrected chi connectivity index (χ3v) is 7.30. The largest absolute Gasteiger partial charge is 0.324 e. The minimum atomic E-state index is -0.782. The molecule has 0 unspecified atom stereocenters. The fraction of sp³-hybridized carbons (Fsp3) is 0.259. The summed E-state index contributed by atoms with van der Waals surface area (Å²) in [7, 11) is 0. The molecule has 0 bridgehead atoms. The number of amides is 2. The number of carbonyl (C=O) groups excluding carboxylic acids is 2. The van der Waals surface area contributed by atoms with Crippen LogP contribution in [-0.2, 0) is 15.0 Å². The van der Waals surface area contributed by atoms with Gasteiger partial charge in [0, 0.05) is 11.4 Å². The van der Waals surface area contributed by atoms with Gasteiger partial charge in [0.2, 0.25) is 11.8 Å². The first kappa shape index (κ1) is 23.4. The number of benzene rings is 3. The summed E-state index contributed by atoms with van der Waals surface area (Å²) < 4.78 is 0. The van der Waals surface area contributed by atoms with E-state index in [1.54, 1.807) is 11.8 Å². The maximum absolute atomic E-state index is 12.8. The van der Waals surface area contributed by atoms with Crippen LogP contribution in [0.1, 0.15) is 48.2 Å². The fourth-order valence-corrected chi connectivity index (χ4v) is 5.19. The highest BCUT2D eigenvalue weighted by molar-refractivity contribution is 8.00. The van der Waals surface area contributed by atoms with Gasteiger partial charge in [-0.15, -0.1) is 23.4 Å². The first-order valence-corrected chi connectivity index (χ1v) is 12.4. The third-order valence-electron chi connectivity index (χ3n) is 5.64. The van der Waals surface area contributed by atoms with E-state index < -0.39 is 5.38 Å². The molecule has 2 amide bonds. The van der Waals surface area contributed by atoms with Gasteiger partial charge in [0.1, 0.15) is 10.8 Å². The molecule has 1 aliphatic heterocycles. The lowest BCUT2D eigenvalue weighted by molar-refractivity contribution is -0.116. The van der Waals surface area contributed by atoms with Gasteiger partial charge >= 0.3 is 0 Å². The number of halogens is 1. The Morgan fingerprint density at radius 1 is 1.03 bits per heavy atom. The van der Waals surface area contributed by atoms with E-state index in [0.29, 0.717) is 11.4 Å². The second kappa shape index (κ2) is 9.62. The number of rotatable bonds is 5. The van der Waals surface area contributed by atoms with Crippen molar-refractivity contribution in [2.75, 3.05) is 16.0 Å². The van der Waals surface area contributed by atoms with Gasteiger partial charge in [0.25, 0.3) is 0 Å². The van der Waals surface area contributed by atoms with E-state index in [-0.39, 0.29) is 22.6 Å². The van der Waals surface area contributed by atoms with Crippen molar-refractivity contribution in [3.63, 3.8) is 0 Å². The van der Waals surface area contributed by atoms with Crippen molar-refractivity contribution in [2.24, 2.45) is 0 Å². The van der Waals surface area contributed by atoms with Crippen molar-refractivity contribution in [3.05, 3.63) is 95.6 Å². The Morgan fingerprint density at radius 3 is 2.39 bits per heavy atom. The number of nitrogens with one attached hydrogen (secondary N) is 1. The summed E-state index contributed by atoms with van der Waals surface area (Å²) in [6, 6.07) is 25.1. The van der Waals surface area contributed by atoms with E-state index in [9.17, 15) is 9.59 Å². The van der Waals surface area contributed by atoms with Crippen LogP contribution in [0, 0.1) is 0 Å². The Hall–Kier alpha value is -2.76. The van der Waals surface area contributed by atoms with Crippen molar-refractivity contribution < 1.29 is 9.59 Å². The van der Waals surface area contributed by atoms with Crippen LogP contribution in [0.25, 0.3) is 0 Å². The molecule has 6 heteroatoms. The smallest absolute Gasteiger partial charge is 0.246 e. The molecule has 0 radical (unpaired) electrons. The highest BCUT2D eigenvalue weighted by Gasteiger charge is 2.34. The predicted octanol–water partition coefficient (Wildman–Crippen LogP) is 6.68. The van der Waals surface area contributed by atoms with Crippen molar-refractivity contribution >= 4 is 46.6 Å². The van der Waals surface area contributed by atoms with Crippen LogP contribution in [-0.4, -0.2) is 17.6 Å². The van der Waals surface area contributed by atoms with Gasteiger partial charge in [0.15, 0.2) is 0 Å². The lowest BCUT2D eigenvalue weighted by atomic mass is 9.87. The number of nitrogens with zero attached hydrogens (tertiary/aromatic N) is 1. The number of thioether (sulfide) groups is 1. The molecule has 3 aromatic carbocycles. The molecule has 1 N–H and O–H groups in total. The van der Waals surface area contributed by atoms with Crippen LogP contribution in [0.2, 0.25) is 0 Å². The molecule has 0 aromatic heterocycles. The van der Waals surface area contributed by atoms with E-state index in [2.05, 4.69) is 38.2 Å². The second-order valence-corrected chi connectivity index (χ2v) is 10.6. The summed E-state index contributed by atoms with van der Waals surface area (Å²) >= 11 is 7.96. The third kappa shape index (κ3) is 5.26. The summed E-state index contributed by atoms with van der Waals surface area (Å²) in [4.78, 5) is 27.3. The van der Waals surface area contributed by atoms with Gasteiger partial charge in [-0.25, -0.2) is 0 Å². The molecule has 0 spiro atoms. The highest BCUT2D eigenvalue weighted by Crippen LogP contribution is 2.42. The molecule has 2 atom stereocenters.